The molecule has 0 unspecified atom stereocenters. The van der Waals surface area contributed by atoms with E-state index in [4.69, 9.17) is 0 Å². The van der Waals surface area contributed by atoms with E-state index < -0.39 is 17.3 Å². The lowest BCUT2D eigenvalue weighted by atomic mass is 10.00. The van der Waals surface area contributed by atoms with E-state index in [-0.39, 0.29) is 28.3 Å². The van der Waals surface area contributed by atoms with Gasteiger partial charge in [0, 0.05) is 5.56 Å². The van der Waals surface area contributed by atoms with Gasteiger partial charge in [0.1, 0.15) is 33.5 Å². The first kappa shape index (κ1) is 20.4. The van der Waals surface area contributed by atoms with Crippen LogP contribution < -0.4 is 0 Å². The Hall–Kier alpha value is -5.25. The number of rotatable bonds is 4. The first-order valence-electron chi connectivity index (χ1n) is 10.6. The third kappa shape index (κ3) is 3.32. The summed E-state index contributed by atoms with van der Waals surface area (Å²) in [7, 11) is 0. The van der Waals surface area contributed by atoms with E-state index in [2.05, 4.69) is 20.4 Å². The molecule has 0 saturated carbocycles. The van der Waals surface area contributed by atoms with Gasteiger partial charge < -0.3 is 15.3 Å². The van der Waals surface area contributed by atoms with Crippen molar-refractivity contribution >= 4 is 27.9 Å². The first-order chi connectivity index (χ1) is 17.0. The Labute approximate surface area is 196 Å². The lowest BCUT2D eigenvalue weighted by Gasteiger charge is -2.14. The summed E-state index contributed by atoms with van der Waals surface area (Å²) in [5.41, 5.74) is 2.18. The number of hydrogen-bond donors (Lipinski definition) is 3. The number of aromatic nitrogens is 6. The van der Waals surface area contributed by atoms with Crippen molar-refractivity contribution in [1.29, 1.82) is 0 Å². The Kier molecular flexibility index (Phi) is 4.46. The van der Waals surface area contributed by atoms with Gasteiger partial charge in [0.15, 0.2) is 23.0 Å². The largest absolute Gasteiger partial charge is 0.508 e. The second-order valence-electron chi connectivity index (χ2n) is 7.82. The average molecular weight is 464 g/mol. The smallest absolute Gasteiger partial charge is 0.196 e. The van der Waals surface area contributed by atoms with Gasteiger partial charge in [-0.3, -0.25) is 4.79 Å². The third-order valence-electron chi connectivity index (χ3n) is 5.59. The van der Waals surface area contributed by atoms with Crippen LogP contribution in [0.15, 0.2) is 78.9 Å². The molecule has 0 spiro atoms. The minimum absolute atomic E-state index is 0.00211. The summed E-state index contributed by atoms with van der Waals surface area (Å²) in [5, 5.41) is 49.5. The van der Waals surface area contributed by atoms with Gasteiger partial charge >= 0.3 is 0 Å². The predicted octanol–water partition coefficient (Wildman–Crippen LogP) is 3.50. The zero-order valence-corrected chi connectivity index (χ0v) is 17.9. The summed E-state index contributed by atoms with van der Waals surface area (Å²) in [5.74, 6) is -1.47. The van der Waals surface area contributed by atoms with Crippen LogP contribution in [0.1, 0.15) is 15.9 Å². The Morgan fingerprint density at radius 1 is 0.629 bits per heavy atom. The zero-order valence-electron chi connectivity index (χ0n) is 17.9. The number of ketones is 1. The van der Waals surface area contributed by atoms with Gasteiger partial charge in [-0.2, -0.15) is 0 Å². The molecule has 2 aromatic heterocycles. The monoisotopic (exact) mass is 464 g/mol. The minimum atomic E-state index is -0.543. The molecule has 2 heterocycles. The van der Waals surface area contributed by atoms with Crippen molar-refractivity contribution < 1.29 is 20.1 Å². The van der Waals surface area contributed by atoms with E-state index in [9.17, 15) is 20.1 Å². The molecule has 3 N–H and O–H groups in total. The zero-order chi connectivity index (χ0) is 24.1. The SMILES string of the molecule is O=C(c1ccc(O)cc1)c1cc(-n2nc3ccccc3n2)c(O)c(-n2nc3ccccc3n2)c1O. The first-order valence-corrected chi connectivity index (χ1v) is 10.6. The summed E-state index contributed by atoms with van der Waals surface area (Å²) in [6.07, 6.45) is 0. The molecule has 0 fully saturated rings. The molecule has 0 aliphatic carbocycles. The van der Waals surface area contributed by atoms with Gasteiger partial charge in [0.25, 0.3) is 0 Å². The van der Waals surface area contributed by atoms with E-state index in [0.717, 1.165) is 4.80 Å². The molecule has 0 atom stereocenters. The van der Waals surface area contributed by atoms with Crippen molar-refractivity contribution in [2.45, 2.75) is 0 Å². The summed E-state index contributed by atoms with van der Waals surface area (Å²) in [6.45, 7) is 0. The van der Waals surface area contributed by atoms with Crippen LogP contribution in [0.4, 0.5) is 0 Å². The topological polar surface area (TPSA) is 139 Å². The number of hydrogen-bond acceptors (Lipinski definition) is 8. The maximum Gasteiger partial charge on any atom is 0.196 e. The fourth-order valence-electron chi connectivity index (χ4n) is 3.84. The number of carbonyl (C=O) groups is 1. The molecular formula is C25H16N6O4. The highest BCUT2D eigenvalue weighted by atomic mass is 16.3. The number of fused-ring (bicyclic) bond motifs is 2. The molecule has 0 saturated heterocycles. The molecule has 6 aromatic rings. The van der Waals surface area contributed by atoms with E-state index in [1.165, 1.54) is 35.1 Å². The van der Waals surface area contributed by atoms with Crippen LogP contribution in [-0.4, -0.2) is 51.1 Å². The van der Waals surface area contributed by atoms with Crippen LogP contribution in [-0.2, 0) is 0 Å². The molecule has 0 bridgehead atoms. The standard InChI is InChI=1S/C25H16N6O4/c32-15-11-9-14(10-12-15)23(33)16-13-21(30-26-17-5-1-2-6-18(17)27-30)25(35)22(24(16)34)31-28-19-7-3-4-8-20(19)29-31/h1-13,32,34-35H. The van der Waals surface area contributed by atoms with Gasteiger partial charge in [-0.1, -0.05) is 24.3 Å². The van der Waals surface area contributed by atoms with Crippen LogP contribution in [0.25, 0.3) is 33.4 Å². The summed E-state index contributed by atoms with van der Waals surface area (Å²) >= 11 is 0. The fraction of sp³-hybridized carbons (Fsp3) is 0. The van der Waals surface area contributed by atoms with Gasteiger partial charge in [-0.25, -0.2) is 0 Å². The molecule has 4 aromatic carbocycles. The van der Waals surface area contributed by atoms with E-state index in [1.54, 1.807) is 36.4 Å². The van der Waals surface area contributed by atoms with Gasteiger partial charge in [0.2, 0.25) is 0 Å². The number of benzene rings is 4. The number of phenols is 3. The summed E-state index contributed by atoms with van der Waals surface area (Å²) in [4.78, 5) is 15.7. The van der Waals surface area contributed by atoms with Crippen molar-refractivity contribution in [1.82, 2.24) is 30.0 Å². The molecule has 0 aliphatic rings. The second kappa shape index (κ2) is 7.66. The maximum atomic E-state index is 13.4. The lowest BCUT2D eigenvalue weighted by molar-refractivity contribution is 0.103. The summed E-state index contributed by atoms with van der Waals surface area (Å²) in [6, 6.07) is 21.1. The Morgan fingerprint density at radius 3 is 1.63 bits per heavy atom. The van der Waals surface area contributed by atoms with Crippen LogP contribution in [0.5, 0.6) is 17.2 Å². The number of carbonyl (C=O) groups excluding carboxylic acids is 1. The molecule has 0 radical (unpaired) electrons. The normalized spacial score (nSPS) is 11.3. The summed E-state index contributed by atoms with van der Waals surface area (Å²) < 4.78 is 0. The van der Waals surface area contributed by atoms with Crippen LogP contribution in [0.3, 0.4) is 0 Å². The third-order valence-corrected chi connectivity index (χ3v) is 5.59. The fourth-order valence-corrected chi connectivity index (χ4v) is 3.84. The Bertz CT molecular complexity index is 1690. The molecule has 35 heavy (non-hydrogen) atoms. The van der Waals surface area contributed by atoms with Crippen molar-refractivity contribution in [3.63, 3.8) is 0 Å². The van der Waals surface area contributed by atoms with E-state index in [0.29, 0.717) is 22.1 Å². The highest BCUT2D eigenvalue weighted by Gasteiger charge is 2.27. The van der Waals surface area contributed by atoms with Crippen molar-refractivity contribution in [3.8, 4) is 28.6 Å². The van der Waals surface area contributed by atoms with Crippen molar-refractivity contribution in [3.05, 3.63) is 90.0 Å². The second-order valence-corrected chi connectivity index (χ2v) is 7.82. The molecule has 10 nitrogen and oxygen atoms in total. The number of aromatic hydroxyl groups is 3. The van der Waals surface area contributed by atoms with Crippen molar-refractivity contribution in [2.24, 2.45) is 0 Å². The molecule has 0 aliphatic heterocycles. The number of nitrogens with zero attached hydrogens (tertiary/aromatic N) is 6. The quantitative estimate of drug-likeness (QED) is 0.337. The maximum absolute atomic E-state index is 13.4. The average Bonchev–Trinajstić information content (AvgIpc) is 3.48. The predicted molar refractivity (Wildman–Crippen MR) is 126 cm³/mol. The molecule has 10 heteroatoms. The lowest BCUT2D eigenvalue weighted by Crippen LogP contribution is -2.10. The Balaban J connectivity index is 1.62. The van der Waals surface area contributed by atoms with Gasteiger partial charge in [0.05, 0.1) is 5.56 Å². The van der Waals surface area contributed by atoms with Gasteiger partial charge in [-0.05, 0) is 54.6 Å². The highest BCUT2D eigenvalue weighted by molar-refractivity contribution is 6.12. The number of phenolic OH excluding ortho intramolecular Hbond substituents is 3. The Morgan fingerprint density at radius 2 is 1.11 bits per heavy atom. The molecular weight excluding hydrogens is 448 g/mol. The minimum Gasteiger partial charge on any atom is -0.508 e. The molecule has 170 valence electrons. The molecule has 6 rings (SSSR count). The highest BCUT2D eigenvalue weighted by Crippen LogP contribution is 2.40. The van der Waals surface area contributed by atoms with Crippen LogP contribution >= 0.6 is 0 Å². The van der Waals surface area contributed by atoms with Crippen LogP contribution in [0.2, 0.25) is 0 Å². The van der Waals surface area contributed by atoms with E-state index in [1.807, 2.05) is 12.1 Å². The van der Waals surface area contributed by atoms with Crippen LogP contribution in [0, 0.1) is 0 Å². The van der Waals surface area contributed by atoms with Crippen molar-refractivity contribution in [2.75, 3.05) is 0 Å². The van der Waals surface area contributed by atoms with E-state index >= 15 is 0 Å². The van der Waals surface area contributed by atoms with Gasteiger partial charge in [-0.15, -0.1) is 30.0 Å². The molecule has 0 amide bonds.